The fraction of sp³-hybridized carbons (Fsp3) is 0.517. The van der Waals surface area contributed by atoms with Crippen LogP contribution in [0.15, 0.2) is 35.3 Å². The molecule has 212 valence electrons. The summed E-state index contributed by atoms with van der Waals surface area (Å²) in [6.45, 7) is 5.91. The van der Waals surface area contributed by atoms with E-state index < -0.39 is 12.0 Å². The molecule has 0 aliphatic carbocycles. The Morgan fingerprint density at radius 3 is 2.62 bits per heavy atom. The lowest BCUT2D eigenvalue weighted by Gasteiger charge is -2.28. The molecule has 0 bridgehead atoms. The molecule has 2 aliphatic heterocycles. The van der Waals surface area contributed by atoms with E-state index >= 15 is 4.39 Å². The van der Waals surface area contributed by atoms with Crippen molar-refractivity contribution >= 4 is 22.1 Å². The van der Waals surface area contributed by atoms with E-state index in [9.17, 15) is 9.18 Å². The van der Waals surface area contributed by atoms with E-state index in [1.54, 1.807) is 23.9 Å². The maximum absolute atomic E-state index is 15.3. The number of hydrogen-bond acceptors (Lipinski definition) is 7. The van der Waals surface area contributed by atoms with Crippen molar-refractivity contribution in [2.45, 2.75) is 50.9 Å². The van der Waals surface area contributed by atoms with E-state index in [0.29, 0.717) is 65.9 Å². The monoisotopic (exact) mass is 552 g/mol. The lowest BCUT2D eigenvalue weighted by atomic mass is 10.0. The van der Waals surface area contributed by atoms with Crippen molar-refractivity contribution in [3.63, 3.8) is 0 Å². The van der Waals surface area contributed by atoms with Gasteiger partial charge in [0.25, 0.3) is 0 Å². The Morgan fingerprint density at radius 2 is 1.90 bits per heavy atom. The second-order valence-corrected chi connectivity index (χ2v) is 10.8. The molecular weight excluding hydrogens is 518 g/mol. The van der Waals surface area contributed by atoms with Crippen LogP contribution in [0, 0.1) is 5.82 Å². The summed E-state index contributed by atoms with van der Waals surface area (Å²) in [6.07, 6.45) is 3.34. The van der Waals surface area contributed by atoms with Crippen molar-refractivity contribution in [1.82, 2.24) is 29.2 Å². The predicted octanol–water partition coefficient (Wildman–Crippen LogP) is 4.35. The van der Waals surface area contributed by atoms with E-state index in [2.05, 4.69) is 20.1 Å². The molecule has 0 N–H and O–H groups in total. The first-order chi connectivity index (χ1) is 19.4. The Labute approximate surface area is 230 Å². The van der Waals surface area contributed by atoms with Crippen molar-refractivity contribution in [3.8, 4) is 11.1 Å². The number of hydrogen-bond donors (Lipinski definition) is 0. The molecule has 1 aromatic carbocycles. The molecule has 5 heterocycles. The molecule has 3 aromatic heterocycles. The summed E-state index contributed by atoms with van der Waals surface area (Å²) in [5, 5.41) is 9.16. The highest BCUT2D eigenvalue weighted by Gasteiger charge is 2.25. The number of aromatic nitrogens is 5. The molecule has 0 unspecified atom stereocenters. The third-order valence-electron chi connectivity index (χ3n) is 8.22. The van der Waals surface area contributed by atoms with Gasteiger partial charge >= 0.3 is 5.69 Å². The summed E-state index contributed by atoms with van der Waals surface area (Å²) in [5.74, 6) is -0.437. The molecule has 4 aromatic rings. The number of fused-ring (bicyclic) bond motifs is 3. The highest BCUT2D eigenvalue weighted by molar-refractivity contribution is 6.02. The summed E-state index contributed by atoms with van der Waals surface area (Å²) >= 11 is 0. The number of aryl methyl sites for hydroxylation is 1. The first-order valence-corrected chi connectivity index (χ1v) is 14.0. The number of rotatable bonds is 7. The molecule has 0 radical (unpaired) electrons. The zero-order chi connectivity index (χ0) is 27.8. The van der Waals surface area contributed by atoms with E-state index in [-0.39, 0.29) is 17.8 Å². The molecule has 11 heteroatoms. The SMILES string of the molecule is C[C@@H](OCCN1CCC(F)CC1)c1ccc(-c2cc3c(cc2F)nnc2c3n(C3CCOCC3)c(=O)n2C)cn1. The topological polar surface area (TPSA) is 87.3 Å². The third-order valence-corrected chi connectivity index (χ3v) is 8.22. The van der Waals surface area contributed by atoms with Gasteiger partial charge in [0.2, 0.25) is 0 Å². The second-order valence-electron chi connectivity index (χ2n) is 10.8. The van der Waals surface area contributed by atoms with Crippen LogP contribution in [0.25, 0.3) is 33.2 Å². The molecule has 40 heavy (non-hydrogen) atoms. The standard InChI is InChI=1S/C29H34F2N6O3/c1-18(40-14-11-36-9-5-20(30)6-10-36)25-4-3-19(17-32-25)22-15-23-26(16-24(22)31)33-34-28-27(23)37(29(38)35(28)2)21-7-12-39-13-8-21/h3-4,15-18,20-21H,5-14H2,1-2H3/t18-/m1/s1. The second kappa shape index (κ2) is 11.3. The Morgan fingerprint density at radius 1 is 1.12 bits per heavy atom. The van der Waals surface area contributed by atoms with Gasteiger partial charge in [-0.2, -0.15) is 0 Å². The van der Waals surface area contributed by atoms with Gasteiger partial charge < -0.3 is 14.4 Å². The minimum absolute atomic E-state index is 0.0242. The number of nitrogens with zero attached hydrogens (tertiary/aromatic N) is 6. The van der Waals surface area contributed by atoms with Crippen molar-refractivity contribution in [3.05, 3.63) is 52.5 Å². The maximum Gasteiger partial charge on any atom is 0.330 e. The first kappa shape index (κ1) is 26.9. The summed E-state index contributed by atoms with van der Waals surface area (Å²) < 4.78 is 43.5. The van der Waals surface area contributed by atoms with Crippen LogP contribution in [0.4, 0.5) is 8.78 Å². The molecular formula is C29H34F2N6O3. The van der Waals surface area contributed by atoms with Crippen molar-refractivity contribution in [2.24, 2.45) is 7.05 Å². The van der Waals surface area contributed by atoms with Crippen molar-refractivity contribution < 1.29 is 18.3 Å². The van der Waals surface area contributed by atoms with Crippen LogP contribution in [0.3, 0.4) is 0 Å². The molecule has 2 aliphatic rings. The predicted molar refractivity (Wildman–Crippen MR) is 147 cm³/mol. The van der Waals surface area contributed by atoms with E-state index in [4.69, 9.17) is 9.47 Å². The van der Waals surface area contributed by atoms with Crippen molar-refractivity contribution in [2.75, 3.05) is 39.5 Å². The molecule has 0 spiro atoms. The Bertz CT molecular complexity index is 1560. The molecule has 9 nitrogen and oxygen atoms in total. The fourth-order valence-corrected chi connectivity index (χ4v) is 5.79. The van der Waals surface area contributed by atoms with Crippen LogP contribution < -0.4 is 5.69 Å². The summed E-state index contributed by atoms with van der Waals surface area (Å²) in [6, 6.07) is 6.77. The van der Waals surface area contributed by atoms with Gasteiger partial charge in [0.05, 0.1) is 23.9 Å². The van der Waals surface area contributed by atoms with Crippen LogP contribution in [0.2, 0.25) is 0 Å². The zero-order valence-corrected chi connectivity index (χ0v) is 22.9. The van der Waals surface area contributed by atoms with Gasteiger partial charge in [0, 0.05) is 74.7 Å². The third kappa shape index (κ3) is 5.13. The van der Waals surface area contributed by atoms with Crippen LogP contribution in [-0.4, -0.2) is 74.8 Å². The molecule has 0 amide bonds. The smallest absolute Gasteiger partial charge is 0.330 e. The van der Waals surface area contributed by atoms with Crippen molar-refractivity contribution in [1.29, 1.82) is 0 Å². The Balaban J connectivity index is 1.27. The number of imidazole rings is 1. The minimum atomic E-state index is -0.685. The number of alkyl halides is 1. The van der Waals surface area contributed by atoms with Gasteiger partial charge in [-0.3, -0.25) is 14.1 Å². The molecule has 0 saturated carbocycles. The Kier molecular flexibility index (Phi) is 7.61. The van der Waals surface area contributed by atoms with E-state index in [1.165, 1.54) is 10.6 Å². The van der Waals surface area contributed by atoms with E-state index in [1.807, 2.05) is 19.1 Å². The van der Waals surface area contributed by atoms with Crippen LogP contribution in [-0.2, 0) is 16.5 Å². The highest BCUT2D eigenvalue weighted by Crippen LogP contribution is 2.33. The average molecular weight is 553 g/mol. The number of halogens is 2. The normalized spacial score (nSPS) is 18.6. The van der Waals surface area contributed by atoms with Gasteiger partial charge in [-0.25, -0.2) is 13.6 Å². The Hall–Kier alpha value is -3.28. The highest BCUT2D eigenvalue weighted by atomic mass is 19.1. The number of benzene rings is 1. The number of pyridine rings is 1. The van der Waals surface area contributed by atoms with Gasteiger partial charge in [-0.15, -0.1) is 10.2 Å². The summed E-state index contributed by atoms with van der Waals surface area (Å²) in [7, 11) is 1.68. The quantitative estimate of drug-likeness (QED) is 0.337. The average Bonchev–Trinajstić information content (AvgIpc) is 3.24. The lowest BCUT2D eigenvalue weighted by Crippen LogP contribution is -2.36. The first-order valence-electron chi connectivity index (χ1n) is 14.0. The molecule has 2 saturated heterocycles. The van der Waals surface area contributed by atoms with Gasteiger partial charge in [0.15, 0.2) is 5.65 Å². The van der Waals surface area contributed by atoms with Crippen LogP contribution in [0.1, 0.15) is 50.4 Å². The van der Waals surface area contributed by atoms with Crippen LogP contribution in [0.5, 0.6) is 0 Å². The van der Waals surface area contributed by atoms with Crippen LogP contribution >= 0.6 is 0 Å². The summed E-state index contributed by atoms with van der Waals surface area (Å²) in [5.41, 5.74) is 3.09. The fourth-order valence-electron chi connectivity index (χ4n) is 5.79. The van der Waals surface area contributed by atoms with Gasteiger partial charge in [-0.05, 0) is 44.7 Å². The van der Waals surface area contributed by atoms with E-state index in [0.717, 1.165) is 38.2 Å². The lowest BCUT2D eigenvalue weighted by molar-refractivity contribution is 0.0363. The molecule has 6 rings (SSSR count). The van der Waals surface area contributed by atoms with Gasteiger partial charge in [-0.1, -0.05) is 6.07 Å². The summed E-state index contributed by atoms with van der Waals surface area (Å²) in [4.78, 5) is 20.0. The zero-order valence-electron chi connectivity index (χ0n) is 22.9. The maximum atomic E-state index is 15.3. The largest absolute Gasteiger partial charge is 0.381 e. The van der Waals surface area contributed by atoms with Gasteiger partial charge in [0.1, 0.15) is 17.5 Å². The molecule has 2 fully saturated rings. The molecule has 1 atom stereocenters. The number of likely N-dealkylation sites (tertiary alicyclic amines) is 1. The number of ether oxygens (including phenoxy) is 2. The minimum Gasteiger partial charge on any atom is -0.381 e. The number of piperidine rings is 1.